The summed E-state index contributed by atoms with van der Waals surface area (Å²) in [5, 5.41) is 16.6. The molecule has 0 saturated carbocycles. The maximum atomic E-state index is 11.0. The van der Waals surface area contributed by atoms with E-state index >= 15 is 0 Å². The Balaban J connectivity index is 2.60. The summed E-state index contributed by atoms with van der Waals surface area (Å²) < 4.78 is 1.64. The van der Waals surface area contributed by atoms with Gasteiger partial charge in [0.1, 0.15) is 11.4 Å². The number of imidazole rings is 1. The molecule has 2 rings (SSSR count). The highest BCUT2D eigenvalue weighted by Crippen LogP contribution is 2.12. The molecule has 0 saturated heterocycles. The Hall–Kier alpha value is -2.24. The predicted octanol–water partition coefficient (Wildman–Crippen LogP) is 0.923. The van der Waals surface area contributed by atoms with Crippen molar-refractivity contribution in [3.05, 3.63) is 36.0 Å². The normalized spacial score (nSPS) is 10.3. The molecule has 0 amide bonds. The number of hydrogen-bond acceptors (Lipinski definition) is 4. The minimum atomic E-state index is -1.03. The summed E-state index contributed by atoms with van der Waals surface area (Å²) in [5.41, 5.74) is 0.114. The summed E-state index contributed by atoms with van der Waals surface area (Å²) in [6, 6.07) is 1.42. The van der Waals surface area contributed by atoms with Crippen molar-refractivity contribution < 1.29 is 9.90 Å². The summed E-state index contributed by atoms with van der Waals surface area (Å²) in [6.07, 6.45) is 5.34. The summed E-state index contributed by atoms with van der Waals surface area (Å²) in [5.74, 6) is 0.0213. The lowest BCUT2D eigenvalue weighted by molar-refractivity contribution is 0.0696. The molecule has 2 aromatic heterocycles. The van der Waals surface area contributed by atoms with Crippen molar-refractivity contribution >= 4 is 5.97 Å². The van der Waals surface area contributed by atoms with Gasteiger partial charge < -0.3 is 5.11 Å². The number of carboxylic acids is 1. The molecule has 0 aliphatic heterocycles. The van der Waals surface area contributed by atoms with Gasteiger partial charge in [-0.05, 0) is 6.07 Å². The Labute approximate surface area is 91.6 Å². The lowest BCUT2D eigenvalue weighted by Gasteiger charge is -2.06. The minimum Gasteiger partial charge on any atom is -0.478 e. The number of carboxylic acid groups (broad SMARTS) is 1. The van der Waals surface area contributed by atoms with Crippen LogP contribution in [0.15, 0.2) is 24.7 Å². The van der Waals surface area contributed by atoms with Gasteiger partial charge in [-0.15, -0.1) is 5.10 Å². The molecule has 0 aliphatic rings. The summed E-state index contributed by atoms with van der Waals surface area (Å²) in [6.45, 7) is 1.94. The first-order valence-corrected chi connectivity index (χ1v) is 4.81. The molecule has 6 nitrogen and oxygen atoms in total. The third kappa shape index (κ3) is 1.65. The van der Waals surface area contributed by atoms with E-state index in [0.29, 0.717) is 12.2 Å². The summed E-state index contributed by atoms with van der Waals surface area (Å²) >= 11 is 0. The number of aromatic carboxylic acids is 1. The Morgan fingerprint density at radius 3 is 3.00 bits per heavy atom. The molecule has 0 spiro atoms. The number of hydrogen-bond donors (Lipinski definition) is 1. The van der Waals surface area contributed by atoms with Crippen LogP contribution in [-0.2, 0) is 6.42 Å². The van der Waals surface area contributed by atoms with Crippen LogP contribution in [0.4, 0.5) is 0 Å². The van der Waals surface area contributed by atoms with Crippen molar-refractivity contribution in [2.24, 2.45) is 0 Å². The predicted molar refractivity (Wildman–Crippen MR) is 55.5 cm³/mol. The van der Waals surface area contributed by atoms with Crippen molar-refractivity contribution in [3.8, 4) is 5.82 Å². The highest BCUT2D eigenvalue weighted by atomic mass is 16.4. The van der Waals surface area contributed by atoms with E-state index in [1.54, 1.807) is 17.0 Å². The van der Waals surface area contributed by atoms with E-state index in [0.717, 1.165) is 5.82 Å². The van der Waals surface area contributed by atoms with Crippen LogP contribution in [0.1, 0.15) is 23.1 Å². The van der Waals surface area contributed by atoms with Crippen LogP contribution in [0, 0.1) is 0 Å². The highest BCUT2D eigenvalue weighted by molar-refractivity contribution is 5.90. The molecular formula is C10H10N4O2. The van der Waals surface area contributed by atoms with Crippen molar-refractivity contribution in [1.29, 1.82) is 0 Å². The number of aromatic nitrogens is 4. The van der Waals surface area contributed by atoms with Gasteiger partial charge >= 0.3 is 5.97 Å². The van der Waals surface area contributed by atoms with Crippen LogP contribution < -0.4 is 0 Å². The highest BCUT2D eigenvalue weighted by Gasteiger charge is 2.14. The number of carbonyl (C=O) groups is 1. The van der Waals surface area contributed by atoms with Gasteiger partial charge in [0.25, 0.3) is 0 Å². The summed E-state index contributed by atoms with van der Waals surface area (Å²) in [7, 11) is 0. The Kier molecular flexibility index (Phi) is 2.63. The fourth-order valence-electron chi connectivity index (χ4n) is 1.46. The molecule has 2 heterocycles. The van der Waals surface area contributed by atoms with Gasteiger partial charge in [0.15, 0.2) is 5.82 Å². The van der Waals surface area contributed by atoms with Gasteiger partial charge in [0, 0.05) is 18.8 Å². The van der Waals surface area contributed by atoms with Crippen LogP contribution in [0.25, 0.3) is 5.82 Å². The fourth-order valence-corrected chi connectivity index (χ4v) is 1.46. The lowest BCUT2D eigenvalue weighted by atomic mass is 10.3. The monoisotopic (exact) mass is 218 g/mol. The second-order valence-corrected chi connectivity index (χ2v) is 3.14. The first-order chi connectivity index (χ1) is 7.74. The molecule has 2 aromatic rings. The van der Waals surface area contributed by atoms with Crippen molar-refractivity contribution in [1.82, 2.24) is 19.7 Å². The van der Waals surface area contributed by atoms with Crippen LogP contribution in [0.3, 0.4) is 0 Å². The van der Waals surface area contributed by atoms with E-state index in [2.05, 4.69) is 15.2 Å². The molecule has 16 heavy (non-hydrogen) atoms. The molecule has 6 heteroatoms. The molecule has 0 aromatic carbocycles. The second-order valence-electron chi connectivity index (χ2n) is 3.14. The first-order valence-electron chi connectivity index (χ1n) is 4.81. The van der Waals surface area contributed by atoms with Crippen LogP contribution in [0.2, 0.25) is 0 Å². The van der Waals surface area contributed by atoms with Gasteiger partial charge in [-0.3, -0.25) is 4.57 Å². The second kappa shape index (κ2) is 4.09. The van der Waals surface area contributed by atoms with Gasteiger partial charge in [-0.1, -0.05) is 6.92 Å². The average Bonchev–Trinajstić information content (AvgIpc) is 2.76. The third-order valence-corrected chi connectivity index (χ3v) is 2.19. The topological polar surface area (TPSA) is 80.9 Å². The van der Waals surface area contributed by atoms with Gasteiger partial charge in [0.05, 0.1) is 6.20 Å². The van der Waals surface area contributed by atoms with E-state index in [4.69, 9.17) is 5.11 Å². The largest absolute Gasteiger partial charge is 0.478 e. The van der Waals surface area contributed by atoms with E-state index in [1.807, 2.05) is 6.92 Å². The molecule has 0 bridgehead atoms. The van der Waals surface area contributed by atoms with Crippen molar-refractivity contribution in [2.45, 2.75) is 13.3 Å². The Morgan fingerprint density at radius 1 is 1.50 bits per heavy atom. The Morgan fingerprint density at radius 2 is 2.31 bits per heavy atom. The molecular weight excluding hydrogens is 208 g/mol. The molecule has 0 atom stereocenters. The molecule has 82 valence electrons. The maximum Gasteiger partial charge on any atom is 0.339 e. The van der Waals surface area contributed by atoms with Crippen LogP contribution in [-0.4, -0.2) is 30.8 Å². The lowest BCUT2D eigenvalue weighted by Crippen LogP contribution is -2.10. The van der Waals surface area contributed by atoms with Gasteiger partial charge in [0.2, 0.25) is 0 Å². The van der Waals surface area contributed by atoms with Gasteiger partial charge in [-0.25, -0.2) is 9.78 Å². The van der Waals surface area contributed by atoms with Crippen LogP contribution >= 0.6 is 0 Å². The van der Waals surface area contributed by atoms with E-state index in [-0.39, 0.29) is 5.56 Å². The summed E-state index contributed by atoms with van der Waals surface area (Å²) in [4.78, 5) is 15.1. The first kappa shape index (κ1) is 10.3. The molecule has 1 N–H and O–H groups in total. The quantitative estimate of drug-likeness (QED) is 0.828. The zero-order valence-corrected chi connectivity index (χ0v) is 8.66. The fraction of sp³-hybridized carbons (Fsp3) is 0.200. The zero-order valence-electron chi connectivity index (χ0n) is 8.66. The van der Waals surface area contributed by atoms with E-state index < -0.39 is 5.97 Å². The molecule has 0 unspecified atom stereocenters. The Bertz CT molecular complexity index is 521. The number of nitrogens with zero attached hydrogens (tertiary/aromatic N) is 4. The van der Waals surface area contributed by atoms with E-state index in [9.17, 15) is 4.79 Å². The molecule has 0 fully saturated rings. The van der Waals surface area contributed by atoms with Crippen molar-refractivity contribution in [3.63, 3.8) is 0 Å². The molecule has 0 aliphatic carbocycles. The molecule has 0 radical (unpaired) electrons. The number of aryl methyl sites for hydroxylation is 1. The van der Waals surface area contributed by atoms with Crippen LogP contribution in [0.5, 0.6) is 0 Å². The minimum absolute atomic E-state index is 0.114. The number of rotatable bonds is 3. The average molecular weight is 218 g/mol. The van der Waals surface area contributed by atoms with Crippen molar-refractivity contribution in [2.75, 3.05) is 0 Å². The third-order valence-electron chi connectivity index (χ3n) is 2.19. The van der Waals surface area contributed by atoms with E-state index in [1.165, 1.54) is 12.3 Å². The smallest absolute Gasteiger partial charge is 0.339 e. The maximum absolute atomic E-state index is 11.0. The SMILES string of the molecule is CCc1nccn1-c1nnccc1C(=O)O. The zero-order chi connectivity index (χ0) is 11.5. The standard InChI is InChI=1S/C10H10N4O2/c1-2-8-11-5-6-14(8)9-7(10(15)16)3-4-12-13-9/h3-6H,2H2,1H3,(H,15,16). The van der Waals surface area contributed by atoms with Gasteiger partial charge in [-0.2, -0.15) is 5.10 Å².